The van der Waals surface area contributed by atoms with E-state index in [1.807, 2.05) is 0 Å². The molecular formula is C6H8N2O2. The first kappa shape index (κ1) is 6.80. The summed E-state index contributed by atoms with van der Waals surface area (Å²) >= 11 is 0. The first-order valence-corrected chi connectivity index (χ1v) is 2.88. The Morgan fingerprint density at radius 3 is 3.20 bits per heavy atom. The highest BCUT2D eigenvalue weighted by Gasteiger charge is 2.10. The molecule has 0 unspecified atom stereocenters. The van der Waals surface area contributed by atoms with E-state index in [-0.39, 0.29) is 5.97 Å². The van der Waals surface area contributed by atoms with E-state index < -0.39 is 0 Å². The number of rotatable bonds is 1. The van der Waals surface area contributed by atoms with E-state index in [4.69, 9.17) is 0 Å². The van der Waals surface area contributed by atoms with Gasteiger partial charge < -0.3 is 10.1 Å². The van der Waals surface area contributed by atoms with Gasteiger partial charge in [0.1, 0.15) is 5.71 Å². The highest BCUT2D eigenvalue weighted by molar-refractivity contribution is 6.37. The van der Waals surface area contributed by atoms with Crippen LogP contribution in [0.4, 0.5) is 0 Å². The number of hydrogen-bond acceptors (Lipinski definition) is 4. The van der Waals surface area contributed by atoms with Gasteiger partial charge in [0.05, 0.1) is 13.7 Å². The summed E-state index contributed by atoms with van der Waals surface area (Å²) < 4.78 is 4.45. The van der Waals surface area contributed by atoms with Gasteiger partial charge in [-0.15, -0.1) is 0 Å². The van der Waals surface area contributed by atoms with Crippen LogP contribution in [0.15, 0.2) is 17.4 Å². The van der Waals surface area contributed by atoms with E-state index in [0.717, 1.165) is 0 Å². The summed E-state index contributed by atoms with van der Waals surface area (Å²) in [4.78, 5) is 14.5. The standard InChI is InChI=1S/C6H8N2O2/c1-10-6(9)5-4-7-2-3-8-5/h2-3,7H,4H2,1H3. The number of esters is 1. The normalized spacial score (nSPS) is 15.5. The summed E-state index contributed by atoms with van der Waals surface area (Å²) in [5, 5.41) is 2.84. The summed E-state index contributed by atoms with van der Waals surface area (Å²) in [5.74, 6) is -0.378. The van der Waals surface area contributed by atoms with Crippen molar-refractivity contribution in [2.24, 2.45) is 4.99 Å². The van der Waals surface area contributed by atoms with Gasteiger partial charge in [-0.05, 0) is 0 Å². The molecule has 1 rings (SSSR count). The molecule has 0 saturated carbocycles. The third-order valence-electron chi connectivity index (χ3n) is 1.11. The molecule has 1 aliphatic heterocycles. The Bertz CT molecular complexity index is 196. The molecule has 0 radical (unpaired) electrons. The SMILES string of the molecule is COC(=O)C1=NC=CNC1. The Morgan fingerprint density at radius 2 is 2.70 bits per heavy atom. The summed E-state index contributed by atoms with van der Waals surface area (Å²) in [6.07, 6.45) is 3.20. The fraction of sp³-hybridized carbons (Fsp3) is 0.333. The van der Waals surface area contributed by atoms with Gasteiger partial charge in [-0.2, -0.15) is 0 Å². The molecular weight excluding hydrogens is 132 g/mol. The Hall–Kier alpha value is -1.32. The van der Waals surface area contributed by atoms with Crippen LogP contribution in [0.1, 0.15) is 0 Å². The molecule has 1 heterocycles. The fourth-order valence-electron chi connectivity index (χ4n) is 0.624. The minimum Gasteiger partial charge on any atom is -0.464 e. The number of carbonyl (C=O) groups excluding carboxylic acids is 1. The zero-order chi connectivity index (χ0) is 7.40. The number of ether oxygens (including phenoxy) is 1. The molecule has 0 aromatic rings. The molecule has 0 amide bonds. The smallest absolute Gasteiger partial charge is 0.354 e. The zero-order valence-electron chi connectivity index (χ0n) is 5.63. The molecule has 1 aliphatic rings. The number of methoxy groups -OCH3 is 1. The molecule has 1 N–H and O–H groups in total. The maximum atomic E-state index is 10.7. The number of nitrogens with one attached hydrogen (secondary N) is 1. The lowest BCUT2D eigenvalue weighted by Gasteiger charge is -2.05. The van der Waals surface area contributed by atoms with Gasteiger partial charge in [-0.25, -0.2) is 4.79 Å². The molecule has 0 fully saturated rings. The van der Waals surface area contributed by atoms with Crippen LogP contribution in [-0.4, -0.2) is 25.3 Å². The van der Waals surface area contributed by atoms with Crippen LogP contribution in [-0.2, 0) is 9.53 Å². The average molecular weight is 140 g/mol. The van der Waals surface area contributed by atoms with E-state index in [1.165, 1.54) is 13.3 Å². The quantitative estimate of drug-likeness (QED) is 0.507. The second kappa shape index (κ2) is 3.00. The molecule has 10 heavy (non-hydrogen) atoms. The molecule has 0 saturated heterocycles. The van der Waals surface area contributed by atoms with Crippen LogP contribution in [0.3, 0.4) is 0 Å². The topological polar surface area (TPSA) is 50.7 Å². The molecule has 0 bridgehead atoms. The lowest BCUT2D eigenvalue weighted by molar-refractivity contribution is -0.132. The van der Waals surface area contributed by atoms with Gasteiger partial charge >= 0.3 is 5.97 Å². The van der Waals surface area contributed by atoms with Crippen molar-refractivity contribution in [3.05, 3.63) is 12.4 Å². The van der Waals surface area contributed by atoms with Crippen LogP contribution in [0, 0.1) is 0 Å². The zero-order valence-corrected chi connectivity index (χ0v) is 5.63. The van der Waals surface area contributed by atoms with E-state index >= 15 is 0 Å². The minimum absolute atomic E-state index is 0.378. The molecule has 4 heteroatoms. The predicted octanol–water partition coefficient (Wildman–Crippen LogP) is -0.325. The summed E-state index contributed by atoms with van der Waals surface area (Å²) in [6, 6.07) is 0. The maximum Gasteiger partial charge on any atom is 0.354 e. The Morgan fingerprint density at radius 1 is 1.90 bits per heavy atom. The van der Waals surface area contributed by atoms with Gasteiger partial charge in [0.25, 0.3) is 0 Å². The van der Waals surface area contributed by atoms with E-state index in [2.05, 4.69) is 15.0 Å². The Labute approximate surface area is 58.6 Å². The summed E-state index contributed by atoms with van der Waals surface area (Å²) in [6.45, 7) is 0.448. The van der Waals surface area contributed by atoms with Crippen molar-refractivity contribution in [3.8, 4) is 0 Å². The van der Waals surface area contributed by atoms with Crippen molar-refractivity contribution < 1.29 is 9.53 Å². The van der Waals surface area contributed by atoms with Crippen LogP contribution in [0.2, 0.25) is 0 Å². The van der Waals surface area contributed by atoms with Crippen molar-refractivity contribution in [2.45, 2.75) is 0 Å². The lowest BCUT2D eigenvalue weighted by atomic mass is 10.3. The summed E-state index contributed by atoms with van der Waals surface area (Å²) in [7, 11) is 1.34. The van der Waals surface area contributed by atoms with Crippen LogP contribution >= 0.6 is 0 Å². The van der Waals surface area contributed by atoms with E-state index in [1.54, 1.807) is 6.20 Å². The molecule has 0 aromatic heterocycles. The lowest BCUT2D eigenvalue weighted by Crippen LogP contribution is -2.28. The molecule has 0 atom stereocenters. The minimum atomic E-state index is -0.378. The number of aliphatic imine (C=N–C) groups is 1. The van der Waals surface area contributed by atoms with E-state index in [9.17, 15) is 4.79 Å². The second-order valence-corrected chi connectivity index (χ2v) is 1.76. The van der Waals surface area contributed by atoms with Crippen molar-refractivity contribution in [1.29, 1.82) is 0 Å². The predicted molar refractivity (Wildman–Crippen MR) is 36.6 cm³/mol. The number of nitrogens with zero attached hydrogens (tertiary/aromatic N) is 1. The molecule has 54 valence electrons. The first-order valence-electron chi connectivity index (χ1n) is 2.88. The highest BCUT2D eigenvalue weighted by atomic mass is 16.5. The average Bonchev–Trinajstić information content (AvgIpc) is 2.05. The van der Waals surface area contributed by atoms with Gasteiger partial charge in [0, 0.05) is 12.4 Å². The molecule has 0 spiro atoms. The Kier molecular flexibility index (Phi) is 2.04. The van der Waals surface area contributed by atoms with Crippen molar-refractivity contribution >= 4 is 11.7 Å². The van der Waals surface area contributed by atoms with Crippen molar-refractivity contribution in [1.82, 2.24) is 5.32 Å². The van der Waals surface area contributed by atoms with Gasteiger partial charge in [-0.3, -0.25) is 4.99 Å². The number of hydrogen-bond donors (Lipinski definition) is 1. The van der Waals surface area contributed by atoms with Gasteiger partial charge in [0.2, 0.25) is 0 Å². The first-order chi connectivity index (χ1) is 4.84. The Balaban J connectivity index is 2.62. The van der Waals surface area contributed by atoms with E-state index in [0.29, 0.717) is 12.3 Å². The van der Waals surface area contributed by atoms with Crippen molar-refractivity contribution in [3.63, 3.8) is 0 Å². The third kappa shape index (κ3) is 1.34. The molecule has 0 aliphatic carbocycles. The fourth-order valence-corrected chi connectivity index (χ4v) is 0.624. The highest BCUT2D eigenvalue weighted by Crippen LogP contribution is 1.88. The third-order valence-corrected chi connectivity index (χ3v) is 1.11. The second-order valence-electron chi connectivity index (χ2n) is 1.76. The molecule has 4 nitrogen and oxygen atoms in total. The van der Waals surface area contributed by atoms with Gasteiger partial charge in [0.15, 0.2) is 0 Å². The monoisotopic (exact) mass is 140 g/mol. The number of carbonyl (C=O) groups is 1. The summed E-state index contributed by atoms with van der Waals surface area (Å²) in [5.41, 5.74) is 0.407. The molecule has 0 aromatic carbocycles. The van der Waals surface area contributed by atoms with Gasteiger partial charge in [-0.1, -0.05) is 0 Å². The van der Waals surface area contributed by atoms with Crippen molar-refractivity contribution in [2.75, 3.05) is 13.7 Å². The van der Waals surface area contributed by atoms with Crippen LogP contribution < -0.4 is 5.32 Å². The largest absolute Gasteiger partial charge is 0.464 e. The maximum absolute atomic E-state index is 10.7. The van der Waals surface area contributed by atoms with Crippen LogP contribution in [0.25, 0.3) is 0 Å². The van der Waals surface area contributed by atoms with Crippen LogP contribution in [0.5, 0.6) is 0 Å².